The van der Waals surface area contributed by atoms with Crippen molar-refractivity contribution in [3.05, 3.63) is 71.8 Å². The normalized spacial score (nSPS) is 16.3. The van der Waals surface area contributed by atoms with Gasteiger partial charge in [0.05, 0.1) is 19.1 Å². The van der Waals surface area contributed by atoms with Crippen LogP contribution in [0.1, 0.15) is 30.4 Å². The molecule has 0 radical (unpaired) electrons. The number of carbonyl (C=O) groups is 2. The predicted octanol–water partition coefficient (Wildman–Crippen LogP) is 4.49. The number of carbonyl (C=O) groups excluding carboxylic acids is 2. The van der Waals surface area contributed by atoms with Gasteiger partial charge in [0.15, 0.2) is 12.4 Å². The molecule has 3 aromatic carbocycles. The maximum Gasteiger partial charge on any atom is 0.313 e. The second kappa shape index (κ2) is 8.57. The van der Waals surface area contributed by atoms with Crippen LogP contribution >= 0.6 is 0 Å². The largest absolute Gasteiger partial charge is 0.497 e. The number of hydrogen-bond donors (Lipinski definition) is 1. The number of fused-ring (bicyclic) bond motifs is 2. The van der Waals surface area contributed by atoms with Gasteiger partial charge in [-0.3, -0.25) is 9.59 Å². The number of benzene rings is 3. The van der Waals surface area contributed by atoms with Crippen molar-refractivity contribution in [2.24, 2.45) is 0 Å². The summed E-state index contributed by atoms with van der Waals surface area (Å²) in [5.41, 5.74) is 3.05. The number of rotatable bonds is 6. The fourth-order valence-corrected chi connectivity index (χ4v) is 3.82. The zero-order valence-electron chi connectivity index (χ0n) is 17.2. The average Bonchev–Trinajstić information content (AvgIpc) is 2.80. The average molecular weight is 403 g/mol. The summed E-state index contributed by atoms with van der Waals surface area (Å²) in [6, 6.07) is 19.3. The molecule has 4 rings (SSSR count). The zero-order valence-corrected chi connectivity index (χ0v) is 17.2. The summed E-state index contributed by atoms with van der Waals surface area (Å²) in [5, 5.41) is 5.32. The van der Waals surface area contributed by atoms with Crippen molar-refractivity contribution in [1.29, 1.82) is 0 Å². The molecule has 0 spiro atoms. The molecule has 0 saturated heterocycles. The Hall–Kier alpha value is -3.34. The lowest BCUT2D eigenvalue weighted by atomic mass is 9.96. The summed E-state index contributed by atoms with van der Waals surface area (Å²) in [7, 11) is 1.64. The maximum atomic E-state index is 12.6. The van der Waals surface area contributed by atoms with Gasteiger partial charge in [-0.2, -0.15) is 0 Å². The van der Waals surface area contributed by atoms with E-state index in [0.29, 0.717) is 6.42 Å². The monoisotopic (exact) mass is 403 g/mol. The van der Waals surface area contributed by atoms with Crippen molar-refractivity contribution in [2.75, 3.05) is 19.0 Å². The lowest BCUT2D eigenvalue weighted by Gasteiger charge is -2.26. The van der Waals surface area contributed by atoms with E-state index in [2.05, 4.69) is 11.4 Å². The molecule has 154 valence electrons. The third kappa shape index (κ3) is 4.15. The van der Waals surface area contributed by atoms with Gasteiger partial charge in [0.1, 0.15) is 5.75 Å². The van der Waals surface area contributed by atoms with Crippen LogP contribution in [0.3, 0.4) is 0 Å². The smallest absolute Gasteiger partial charge is 0.313 e. The van der Waals surface area contributed by atoms with Crippen molar-refractivity contribution < 1.29 is 19.1 Å². The van der Waals surface area contributed by atoms with Crippen molar-refractivity contribution in [3.63, 3.8) is 0 Å². The lowest BCUT2D eigenvalue weighted by Crippen LogP contribution is -2.36. The van der Waals surface area contributed by atoms with Crippen LogP contribution in [0.25, 0.3) is 10.8 Å². The van der Waals surface area contributed by atoms with Gasteiger partial charge in [0.2, 0.25) is 0 Å². The Kier molecular flexibility index (Phi) is 5.70. The van der Waals surface area contributed by atoms with Gasteiger partial charge in [0.25, 0.3) is 0 Å². The van der Waals surface area contributed by atoms with Crippen LogP contribution in [0, 0.1) is 0 Å². The Bertz CT molecular complexity index is 1090. The molecule has 0 saturated carbocycles. The number of hydrogen-bond acceptors (Lipinski definition) is 5. The molecule has 0 fully saturated rings. The first-order valence-corrected chi connectivity index (χ1v) is 10.2. The van der Waals surface area contributed by atoms with E-state index in [1.807, 2.05) is 54.6 Å². The van der Waals surface area contributed by atoms with E-state index in [9.17, 15) is 9.59 Å². The van der Waals surface area contributed by atoms with Crippen molar-refractivity contribution >= 4 is 28.2 Å². The summed E-state index contributed by atoms with van der Waals surface area (Å²) in [4.78, 5) is 25.1. The van der Waals surface area contributed by atoms with E-state index in [4.69, 9.17) is 9.47 Å². The molecular weight excluding hydrogens is 378 g/mol. The minimum Gasteiger partial charge on any atom is -0.497 e. The Morgan fingerprint density at radius 1 is 1.07 bits per heavy atom. The standard InChI is InChI=1S/C25H25NO4/c1-16(18-7-8-20-14-21(29-2)11-9-19(20)13-18)25(28)30-15-24(27)23-12-10-17-5-3-4-6-22(17)26-23/h3-9,11,13-14,16,23,26H,10,12,15H2,1-2H3. The lowest BCUT2D eigenvalue weighted by molar-refractivity contribution is -0.149. The molecule has 0 bridgehead atoms. The first kappa shape index (κ1) is 20.0. The third-order valence-corrected chi connectivity index (χ3v) is 5.72. The van der Waals surface area contributed by atoms with E-state index in [0.717, 1.165) is 34.2 Å². The van der Waals surface area contributed by atoms with E-state index in [-0.39, 0.29) is 18.4 Å². The van der Waals surface area contributed by atoms with Crippen molar-refractivity contribution in [3.8, 4) is 5.75 Å². The van der Waals surface area contributed by atoms with Crippen molar-refractivity contribution in [1.82, 2.24) is 0 Å². The quantitative estimate of drug-likeness (QED) is 0.615. The van der Waals surface area contributed by atoms with Gasteiger partial charge in [-0.25, -0.2) is 0 Å². The number of aryl methyl sites for hydroxylation is 1. The minimum atomic E-state index is -0.454. The van der Waals surface area contributed by atoms with Gasteiger partial charge in [0, 0.05) is 5.69 Å². The molecule has 5 heteroatoms. The molecule has 0 aromatic heterocycles. The van der Waals surface area contributed by atoms with Gasteiger partial charge in [-0.1, -0.05) is 42.5 Å². The van der Waals surface area contributed by atoms with Crippen LogP contribution in [0.4, 0.5) is 5.69 Å². The minimum absolute atomic E-state index is 0.101. The number of ether oxygens (including phenoxy) is 2. The van der Waals surface area contributed by atoms with E-state index in [1.165, 1.54) is 5.56 Å². The highest BCUT2D eigenvalue weighted by Crippen LogP contribution is 2.27. The molecule has 1 aliphatic rings. The van der Waals surface area contributed by atoms with Gasteiger partial charge in [-0.05, 0) is 59.9 Å². The van der Waals surface area contributed by atoms with E-state index < -0.39 is 11.9 Å². The summed E-state index contributed by atoms with van der Waals surface area (Å²) in [5.74, 6) is -0.160. The van der Waals surface area contributed by atoms with Crippen LogP contribution in [-0.2, 0) is 20.7 Å². The highest BCUT2D eigenvalue weighted by atomic mass is 16.5. The predicted molar refractivity (Wildman–Crippen MR) is 117 cm³/mol. The Balaban J connectivity index is 1.37. The van der Waals surface area contributed by atoms with Crippen molar-refractivity contribution in [2.45, 2.75) is 31.7 Å². The fourth-order valence-electron chi connectivity index (χ4n) is 3.82. The molecule has 1 aliphatic heterocycles. The van der Waals surface area contributed by atoms with Crippen LogP contribution < -0.4 is 10.1 Å². The highest BCUT2D eigenvalue weighted by molar-refractivity contribution is 5.91. The fraction of sp³-hybridized carbons (Fsp3) is 0.280. The first-order valence-electron chi connectivity index (χ1n) is 10.2. The number of ketones is 1. The Morgan fingerprint density at radius 3 is 2.67 bits per heavy atom. The van der Waals surface area contributed by atoms with Gasteiger partial charge < -0.3 is 14.8 Å². The number of esters is 1. The molecule has 2 unspecified atom stereocenters. The molecule has 2 atom stereocenters. The topological polar surface area (TPSA) is 64.6 Å². The summed E-state index contributed by atoms with van der Waals surface area (Å²) >= 11 is 0. The summed E-state index contributed by atoms with van der Waals surface area (Å²) in [6.07, 6.45) is 1.54. The number of nitrogens with one attached hydrogen (secondary N) is 1. The molecule has 1 heterocycles. The number of Topliss-reactive ketones (excluding diaryl/α,β-unsaturated/α-hetero) is 1. The van der Waals surface area contributed by atoms with Crippen LogP contribution in [0.5, 0.6) is 5.75 Å². The van der Waals surface area contributed by atoms with E-state index in [1.54, 1.807) is 14.0 Å². The molecule has 0 amide bonds. The molecule has 0 aliphatic carbocycles. The molecule has 30 heavy (non-hydrogen) atoms. The molecule has 3 aromatic rings. The summed E-state index contributed by atoms with van der Waals surface area (Å²) < 4.78 is 10.6. The number of methoxy groups -OCH3 is 1. The maximum absolute atomic E-state index is 12.6. The second-order valence-corrected chi connectivity index (χ2v) is 7.66. The third-order valence-electron chi connectivity index (χ3n) is 5.72. The molecule has 1 N–H and O–H groups in total. The first-order chi connectivity index (χ1) is 14.5. The van der Waals surface area contributed by atoms with Gasteiger partial charge >= 0.3 is 5.97 Å². The number of para-hydroxylation sites is 1. The van der Waals surface area contributed by atoms with Gasteiger partial charge in [-0.15, -0.1) is 0 Å². The Morgan fingerprint density at radius 2 is 1.83 bits per heavy atom. The second-order valence-electron chi connectivity index (χ2n) is 7.66. The molecule has 5 nitrogen and oxygen atoms in total. The van der Waals surface area contributed by atoms with Crippen LogP contribution in [0.2, 0.25) is 0 Å². The van der Waals surface area contributed by atoms with E-state index >= 15 is 0 Å². The number of anilines is 1. The SMILES string of the molecule is COc1ccc2cc(C(C)C(=O)OCC(=O)C3CCc4ccccc4N3)ccc2c1. The zero-order chi connectivity index (χ0) is 21.1. The Labute approximate surface area is 176 Å². The van der Waals surface area contributed by atoms with Crippen LogP contribution in [-0.4, -0.2) is 31.5 Å². The molecular formula is C25H25NO4. The highest BCUT2D eigenvalue weighted by Gasteiger charge is 2.25. The van der Waals surface area contributed by atoms with Crippen LogP contribution in [0.15, 0.2) is 60.7 Å². The summed E-state index contributed by atoms with van der Waals surface area (Å²) in [6.45, 7) is 1.58.